The molecule has 1 aromatic heterocycles. The first-order valence-electron chi connectivity index (χ1n) is 37.7. The number of allylic oxidation sites excluding steroid dienone is 1. The van der Waals surface area contributed by atoms with Gasteiger partial charge in [0.05, 0.1) is 53.5 Å². The van der Waals surface area contributed by atoms with Crippen molar-refractivity contribution in [1.82, 2.24) is 50.6 Å². The number of urea groups is 1. The molecule has 3 saturated heterocycles. The summed E-state index contributed by atoms with van der Waals surface area (Å²) in [4.78, 5) is 97.3. The molecule has 3 saturated carbocycles. The quantitative estimate of drug-likeness (QED) is 0.0117. The van der Waals surface area contributed by atoms with Gasteiger partial charge in [-0.25, -0.2) is 22.9 Å². The van der Waals surface area contributed by atoms with E-state index in [0.29, 0.717) is 49.0 Å². The van der Waals surface area contributed by atoms with E-state index in [-0.39, 0.29) is 93.8 Å². The van der Waals surface area contributed by atoms with Gasteiger partial charge < -0.3 is 55.9 Å². The summed E-state index contributed by atoms with van der Waals surface area (Å²) in [5, 5.41) is 25.8. The molecule has 0 unspecified atom stereocenters. The Morgan fingerprint density at radius 1 is 0.774 bits per heavy atom. The van der Waals surface area contributed by atoms with E-state index in [1.165, 1.54) is 43.4 Å². The number of nitrogens with one attached hydrogen (secondary N) is 6. The molecule has 23 nitrogen and oxygen atoms in total. The number of thiazole rings is 1. The third-order valence-corrected chi connectivity index (χ3v) is 25.4. The van der Waals surface area contributed by atoms with Gasteiger partial charge in [0.1, 0.15) is 12.1 Å². The molecule has 4 aromatic carbocycles. The Bertz CT molecular complexity index is 4000. The fraction of sp³-hybridized carbons (Fsp3) is 0.562. The summed E-state index contributed by atoms with van der Waals surface area (Å²) in [6, 6.07) is 28.1. The van der Waals surface area contributed by atoms with E-state index in [1.54, 1.807) is 95.8 Å². The third-order valence-electron chi connectivity index (χ3n) is 21.9. The highest BCUT2D eigenvalue weighted by atomic mass is 32.2. The minimum Gasteiger partial charge on any atom is -0.391 e. The summed E-state index contributed by atoms with van der Waals surface area (Å²) in [5.74, 6) is -1.68. The Balaban J connectivity index is 0.539. The number of carbonyl (C=O) groups is 6. The molecule has 2 bridgehead atoms. The number of piperazine rings is 2. The number of carbonyl (C=O) groups excluding carboxylic acids is 6. The molecule has 4 heterocycles. The van der Waals surface area contributed by atoms with Crippen LogP contribution in [0.2, 0.25) is 0 Å². The van der Waals surface area contributed by atoms with E-state index in [2.05, 4.69) is 83.9 Å². The van der Waals surface area contributed by atoms with Crippen LogP contribution in [0.25, 0.3) is 10.4 Å². The Labute approximate surface area is 634 Å². The van der Waals surface area contributed by atoms with Gasteiger partial charge >= 0.3 is 6.03 Å². The normalized spacial score (nSPS) is 21.7. The van der Waals surface area contributed by atoms with Gasteiger partial charge in [0.2, 0.25) is 23.6 Å². The highest BCUT2D eigenvalue weighted by molar-refractivity contribution is 7.99. The zero-order valence-electron chi connectivity index (χ0n) is 63.1. The Morgan fingerprint density at radius 2 is 1.44 bits per heavy atom. The zero-order valence-corrected chi connectivity index (χ0v) is 65.5. The van der Waals surface area contributed by atoms with Crippen LogP contribution in [0.5, 0.6) is 0 Å². The van der Waals surface area contributed by atoms with Crippen molar-refractivity contribution in [2.45, 2.75) is 160 Å². The van der Waals surface area contributed by atoms with Crippen molar-refractivity contribution >= 4 is 80.1 Å². The van der Waals surface area contributed by atoms with E-state index in [1.807, 2.05) is 68.4 Å². The van der Waals surface area contributed by atoms with E-state index in [9.17, 15) is 42.3 Å². The fourth-order valence-electron chi connectivity index (χ4n) is 16.0. The maximum absolute atomic E-state index is 14.1. The summed E-state index contributed by atoms with van der Waals surface area (Å²) in [5.41, 5.74) is 11.7. The summed E-state index contributed by atoms with van der Waals surface area (Å²) in [6.07, 6.45) is 7.50. The molecule has 7 aliphatic rings. The molecule has 12 rings (SSSR count). The molecular weight excluding hydrogens is 1400 g/mol. The summed E-state index contributed by atoms with van der Waals surface area (Å²) >= 11 is 3.31. The van der Waals surface area contributed by atoms with Gasteiger partial charge in [-0.3, -0.25) is 33.8 Å². The first kappa shape index (κ1) is 79.6. The number of nitrogens with zero attached hydrogens (tertiary/aromatic N) is 6. The maximum Gasteiger partial charge on any atom is 0.317 e. The SMILES string of the molecule is Cc1cc(S(=O)(=O)NC(=O)c2ccc(N3CCN(CC4=C(C56CC(C)(C5)C6)CC(C)(C)CC4)CC3)cc2)ccc1N[C@H](CCN1CCN(C(=O)NCCOCCOCCNC(=O)CCC(=O)N[C@H](C(=O)N2C[C@H](O)C[C@H]2C(=O)NCc2ccc(-c3scnc3C)cc2)C(C)(C)C)CC1)CSc1ccccc1. The second kappa shape index (κ2) is 35.3. The molecule has 4 aliphatic carbocycles. The summed E-state index contributed by atoms with van der Waals surface area (Å²) < 4.78 is 41.2. The molecule has 26 heteroatoms. The highest BCUT2D eigenvalue weighted by Crippen LogP contribution is 2.77. The lowest BCUT2D eigenvalue weighted by molar-refractivity contribution is -0.167. The lowest BCUT2D eigenvalue weighted by Gasteiger charge is -2.72. The van der Waals surface area contributed by atoms with Gasteiger partial charge in [-0.15, -0.1) is 23.1 Å². The number of aryl methyl sites for hydroxylation is 2. The number of aliphatic hydroxyl groups excluding tert-OH is 1. The number of aromatic nitrogens is 1. The Morgan fingerprint density at radius 3 is 2.09 bits per heavy atom. The van der Waals surface area contributed by atoms with Gasteiger partial charge in [0, 0.05) is 145 Å². The third kappa shape index (κ3) is 21.1. The van der Waals surface area contributed by atoms with Gasteiger partial charge in [0.25, 0.3) is 15.9 Å². The maximum atomic E-state index is 14.1. The number of benzene rings is 4. The average Bonchev–Trinajstić information content (AvgIpc) is 0.766. The van der Waals surface area contributed by atoms with Crippen LogP contribution in [-0.4, -0.2) is 215 Å². The molecule has 0 spiro atoms. The second-order valence-corrected chi connectivity index (χ2v) is 35.7. The number of ether oxygens (including phenoxy) is 2. The molecule has 106 heavy (non-hydrogen) atoms. The molecular formula is C80H110N12O11S3. The number of amides is 7. The smallest absolute Gasteiger partial charge is 0.317 e. The highest BCUT2D eigenvalue weighted by Gasteiger charge is 2.67. The van der Waals surface area contributed by atoms with E-state index in [4.69, 9.17) is 9.47 Å². The fourth-order valence-corrected chi connectivity index (χ4v) is 18.9. The minimum absolute atomic E-state index is 0.00706. The number of rotatable bonds is 33. The number of β-amino-alcohol motifs (C(OH)–C–C–N with tert-alkyl or cyclic N) is 1. The predicted molar refractivity (Wildman–Crippen MR) is 416 cm³/mol. The number of hydrogen-bond donors (Lipinski definition) is 7. The van der Waals surface area contributed by atoms with E-state index in [0.717, 1.165) is 95.0 Å². The molecule has 5 aromatic rings. The van der Waals surface area contributed by atoms with Gasteiger partial charge in [-0.1, -0.05) is 95.2 Å². The first-order chi connectivity index (χ1) is 50.6. The van der Waals surface area contributed by atoms with Crippen molar-refractivity contribution in [3.63, 3.8) is 0 Å². The Kier molecular flexibility index (Phi) is 26.5. The van der Waals surface area contributed by atoms with Gasteiger partial charge in [0.15, 0.2) is 0 Å². The molecule has 6 fully saturated rings. The number of likely N-dealkylation sites (tertiary alicyclic amines) is 1. The van der Waals surface area contributed by atoms with Crippen molar-refractivity contribution in [2.24, 2.45) is 21.7 Å². The van der Waals surface area contributed by atoms with Crippen LogP contribution >= 0.6 is 23.1 Å². The minimum atomic E-state index is -4.19. The van der Waals surface area contributed by atoms with Crippen molar-refractivity contribution in [2.75, 3.05) is 127 Å². The van der Waals surface area contributed by atoms with Crippen LogP contribution in [0.15, 0.2) is 124 Å². The monoisotopic (exact) mass is 1510 g/mol. The van der Waals surface area contributed by atoms with Crippen LogP contribution in [0.1, 0.15) is 133 Å². The second-order valence-electron chi connectivity index (χ2n) is 32.1. The van der Waals surface area contributed by atoms with Crippen LogP contribution in [0.4, 0.5) is 16.2 Å². The molecule has 7 amide bonds. The first-order valence-corrected chi connectivity index (χ1v) is 41.1. The zero-order chi connectivity index (χ0) is 75.4. The summed E-state index contributed by atoms with van der Waals surface area (Å²) in [7, 11) is -4.19. The van der Waals surface area contributed by atoms with Crippen LogP contribution in [-0.2, 0) is 45.2 Å². The number of sulfonamides is 1. The van der Waals surface area contributed by atoms with Crippen LogP contribution < -0.4 is 36.2 Å². The lowest BCUT2D eigenvalue weighted by Crippen LogP contribution is -2.61. The number of anilines is 2. The number of hydrogen-bond acceptors (Lipinski definition) is 18. The van der Waals surface area contributed by atoms with E-state index < -0.39 is 57.3 Å². The lowest BCUT2D eigenvalue weighted by atomic mass is 9.33. The largest absolute Gasteiger partial charge is 0.391 e. The van der Waals surface area contributed by atoms with Crippen molar-refractivity contribution in [3.05, 3.63) is 136 Å². The molecule has 574 valence electrons. The predicted octanol–water partition coefficient (Wildman–Crippen LogP) is 9.39. The van der Waals surface area contributed by atoms with Crippen LogP contribution in [0.3, 0.4) is 0 Å². The molecule has 7 N–H and O–H groups in total. The molecule has 4 atom stereocenters. The van der Waals surface area contributed by atoms with Crippen molar-refractivity contribution in [1.29, 1.82) is 0 Å². The molecule has 0 radical (unpaired) electrons. The molecule has 3 aliphatic heterocycles. The summed E-state index contributed by atoms with van der Waals surface area (Å²) in [6.45, 7) is 26.5. The standard InChI is InChI=1S/C80H110N12O11S3/c1-55-44-65(106(100,101)87-73(96)59-18-20-62(21-19-59)90-36-34-89(35-37-90)48-60-26-28-78(6,7)46-66(60)80-51-79(8,52-80)53-80)22-23-67(55)85-61(50-104-64-12-10-9-11-13-64)27-31-88-32-38-91(39-33-88)76(99)82-30-41-103-43-42-102-40-29-81-69(94)24-25-70(95)86-72(77(3,4)5)75(98)92-49-63(93)45-68(92)74(97)83-47-57-14-16-58(17-15-57)71-56(2)84-54-105-71/h9-23,44,54,61,63,68,72,85,93H,24-43,45-53H2,1-8H3,(H,81,94)(H,82,99)(H,83,97)(H,86,95)(H,87,96)/t61-,63-,68+,72-,79?,80?/m1/s1. The average molecular weight is 1510 g/mol. The van der Waals surface area contributed by atoms with Crippen molar-refractivity contribution in [3.8, 4) is 10.4 Å². The Hall–Kier alpha value is -7.43. The van der Waals surface area contributed by atoms with E-state index >= 15 is 0 Å². The van der Waals surface area contributed by atoms with Crippen molar-refractivity contribution < 1.29 is 51.8 Å². The van der Waals surface area contributed by atoms with Crippen LogP contribution in [0, 0.1) is 35.5 Å². The van der Waals surface area contributed by atoms with Gasteiger partial charge in [-0.2, -0.15) is 0 Å². The number of thioether (sulfide) groups is 1. The topological polar surface area (TPSA) is 277 Å². The van der Waals surface area contributed by atoms with Gasteiger partial charge in [-0.05, 0) is 152 Å². The number of aliphatic hydroxyl groups is 1.